The highest BCUT2D eigenvalue weighted by molar-refractivity contribution is 5.46. The number of hydrazine groups is 1. The Morgan fingerprint density at radius 3 is 2.54 bits per heavy atom. The lowest BCUT2D eigenvalue weighted by atomic mass is 10.0. The van der Waals surface area contributed by atoms with E-state index in [0.717, 1.165) is 37.8 Å². The molecule has 0 spiro atoms. The molecule has 1 saturated carbocycles. The Balaban J connectivity index is 1.55. The second-order valence-electron chi connectivity index (χ2n) is 7.53. The quantitative estimate of drug-likeness (QED) is 0.500. The molecule has 3 rings (SSSR count). The second kappa shape index (κ2) is 8.16. The first kappa shape index (κ1) is 18.8. The Kier molecular flexibility index (Phi) is 5.90. The van der Waals surface area contributed by atoms with Crippen molar-refractivity contribution < 1.29 is 0 Å². The van der Waals surface area contributed by atoms with Crippen LogP contribution in [0.3, 0.4) is 0 Å². The molecule has 26 heavy (non-hydrogen) atoms. The molecular weight excluding hydrogens is 324 g/mol. The van der Waals surface area contributed by atoms with Crippen LogP contribution in [0.2, 0.25) is 0 Å². The van der Waals surface area contributed by atoms with Crippen molar-refractivity contribution in [1.29, 1.82) is 0 Å². The highest BCUT2D eigenvalue weighted by atomic mass is 15.5. The smallest absolute Gasteiger partial charge is 0.0984 e. The Bertz CT molecular complexity index is 655. The summed E-state index contributed by atoms with van der Waals surface area (Å²) in [6.07, 6.45) is 17.2. The molecule has 1 aliphatic carbocycles. The summed E-state index contributed by atoms with van der Waals surface area (Å²) >= 11 is 0. The average molecular weight is 355 g/mol. The Morgan fingerprint density at radius 1 is 1.27 bits per heavy atom. The maximum Gasteiger partial charge on any atom is 0.0984 e. The van der Waals surface area contributed by atoms with E-state index in [1.807, 2.05) is 0 Å². The minimum Gasteiger partial charge on any atom is -0.391 e. The predicted octanol–water partition coefficient (Wildman–Crippen LogP) is -0.0831. The van der Waals surface area contributed by atoms with Crippen LogP contribution in [-0.2, 0) is 0 Å². The summed E-state index contributed by atoms with van der Waals surface area (Å²) < 4.78 is 0. The third kappa shape index (κ3) is 4.23. The van der Waals surface area contributed by atoms with Crippen LogP contribution in [-0.4, -0.2) is 54.2 Å². The molecule has 140 valence electrons. The molecule has 0 radical (unpaired) electrons. The first-order chi connectivity index (χ1) is 12.5. The van der Waals surface area contributed by atoms with Gasteiger partial charge in [0, 0.05) is 37.9 Å². The number of allylic oxidation sites excluding steroid dienone is 1. The molecule has 0 aromatic rings. The summed E-state index contributed by atoms with van der Waals surface area (Å²) in [5.74, 6) is 5.87. The number of rotatable bonds is 6. The number of piperazine rings is 1. The van der Waals surface area contributed by atoms with Crippen molar-refractivity contribution in [3.05, 3.63) is 23.0 Å². The first-order valence-corrected chi connectivity index (χ1v) is 9.43. The number of nitrogens with two attached hydrogens (primary N) is 2. The van der Waals surface area contributed by atoms with Crippen LogP contribution >= 0.6 is 0 Å². The van der Waals surface area contributed by atoms with Crippen LogP contribution in [0.25, 0.3) is 0 Å². The van der Waals surface area contributed by atoms with Gasteiger partial charge < -0.3 is 16.9 Å². The monoisotopic (exact) mass is 354 g/mol. The summed E-state index contributed by atoms with van der Waals surface area (Å²) in [5.41, 5.74) is 19.9. The molecule has 0 aromatic heterocycles. The summed E-state index contributed by atoms with van der Waals surface area (Å²) in [6.45, 7) is 6.61. The molecule has 1 saturated heterocycles. The largest absolute Gasteiger partial charge is 0.391 e. The van der Waals surface area contributed by atoms with Crippen molar-refractivity contribution in [2.24, 2.45) is 17.4 Å². The molecule has 3 unspecified atom stereocenters. The van der Waals surface area contributed by atoms with Crippen molar-refractivity contribution in [2.75, 3.05) is 26.2 Å². The van der Waals surface area contributed by atoms with Gasteiger partial charge in [0.2, 0.25) is 0 Å². The van der Waals surface area contributed by atoms with Crippen molar-refractivity contribution in [3.8, 4) is 24.7 Å². The summed E-state index contributed by atoms with van der Waals surface area (Å²) in [4.78, 5) is 5.03. The molecule has 3 atom stereocenters. The van der Waals surface area contributed by atoms with E-state index in [1.54, 1.807) is 0 Å². The first-order valence-electron chi connectivity index (χ1n) is 9.43. The van der Waals surface area contributed by atoms with Crippen LogP contribution in [0.1, 0.15) is 26.2 Å². The van der Waals surface area contributed by atoms with Crippen LogP contribution in [0.15, 0.2) is 23.0 Å². The molecule has 0 bridgehead atoms. The van der Waals surface area contributed by atoms with Crippen LogP contribution in [0.4, 0.5) is 0 Å². The van der Waals surface area contributed by atoms with E-state index in [2.05, 4.69) is 45.5 Å². The van der Waals surface area contributed by atoms with Gasteiger partial charge in [0.05, 0.1) is 23.5 Å². The maximum absolute atomic E-state index is 6.24. The van der Waals surface area contributed by atoms with Gasteiger partial charge in [-0.2, -0.15) is 0 Å². The van der Waals surface area contributed by atoms with Gasteiger partial charge in [0.15, 0.2) is 0 Å². The van der Waals surface area contributed by atoms with E-state index in [-0.39, 0.29) is 11.9 Å². The Morgan fingerprint density at radius 2 is 1.96 bits per heavy atom. The summed E-state index contributed by atoms with van der Waals surface area (Å²) in [6, 6.07) is 0.169. The van der Waals surface area contributed by atoms with E-state index in [1.165, 1.54) is 19.3 Å². The van der Waals surface area contributed by atoms with Gasteiger partial charge >= 0.3 is 0 Å². The van der Waals surface area contributed by atoms with Gasteiger partial charge in [-0.1, -0.05) is 24.7 Å². The number of hydrogen-bond acceptors (Lipinski definition) is 6. The van der Waals surface area contributed by atoms with Gasteiger partial charge in [-0.05, 0) is 25.3 Å². The fraction of sp³-hybridized carbons (Fsp3) is 0.600. The number of terminal acetylenes is 2. The molecule has 0 amide bonds. The number of nitrogens with zero attached hydrogens (tertiary/aromatic N) is 2. The Labute approximate surface area is 157 Å². The molecule has 2 aliphatic heterocycles. The van der Waals surface area contributed by atoms with Crippen molar-refractivity contribution in [1.82, 2.24) is 20.7 Å². The fourth-order valence-electron chi connectivity index (χ4n) is 3.80. The lowest BCUT2D eigenvalue weighted by Crippen LogP contribution is -2.55. The highest BCUT2D eigenvalue weighted by Gasteiger charge is 2.31. The molecule has 6 nitrogen and oxygen atoms in total. The van der Waals surface area contributed by atoms with Crippen LogP contribution in [0.5, 0.6) is 0 Å². The summed E-state index contributed by atoms with van der Waals surface area (Å²) in [7, 11) is 0. The second-order valence-corrected chi connectivity index (χ2v) is 7.53. The zero-order chi connectivity index (χ0) is 18.7. The topological polar surface area (TPSA) is 82.6 Å². The molecule has 2 fully saturated rings. The predicted molar refractivity (Wildman–Crippen MR) is 105 cm³/mol. The van der Waals surface area contributed by atoms with Gasteiger partial charge in [0.25, 0.3) is 0 Å². The van der Waals surface area contributed by atoms with Crippen molar-refractivity contribution >= 4 is 0 Å². The molecule has 6 N–H and O–H groups in total. The van der Waals surface area contributed by atoms with Crippen LogP contribution < -0.4 is 22.3 Å². The molecular formula is C20H30N6. The van der Waals surface area contributed by atoms with E-state index in [0.29, 0.717) is 11.6 Å². The highest BCUT2D eigenvalue weighted by Crippen LogP contribution is 2.34. The van der Waals surface area contributed by atoms with Crippen molar-refractivity contribution in [3.63, 3.8) is 0 Å². The van der Waals surface area contributed by atoms with Crippen LogP contribution in [0, 0.1) is 30.6 Å². The van der Waals surface area contributed by atoms with Gasteiger partial charge in [-0.15, -0.1) is 12.8 Å². The van der Waals surface area contributed by atoms with Crippen molar-refractivity contribution in [2.45, 2.75) is 44.4 Å². The normalized spacial score (nSPS) is 27.5. The lowest BCUT2D eigenvalue weighted by Gasteiger charge is -2.40. The molecule has 3 aliphatic rings. The zero-order valence-corrected chi connectivity index (χ0v) is 15.5. The maximum atomic E-state index is 6.24. The summed E-state index contributed by atoms with van der Waals surface area (Å²) in [5, 5.41) is 0. The van der Waals surface area contributed by atoms with Gasteiger partial charge in [-0.3, -0.25) is 9.80 Å². The third-order valence-electron chi connectivity index (χ3n) is 5.69. The van der Waals surface area contributed by atoms with E-state index in [9.17, 15) is 0 Å². The number of hydrogen-bond donors (Lipinski definition) is 4. The zero-order valence-electron chi connectivity index (χ0n) is 15.5. The Hall–Kier alpha value is -1.96. The fourth-order valence-corrected chi connectivity index (χ4v) is 3.80. The van der Waals surface area contributed by atoms with E-state index in [4.69, 9.17) is 24.3 Å². The molecule has 2 heterocycles. The lowest BCUT2D eigenvalue weighted by molar-refractivity contribution is 0.0730. The SMILES string of the molecule is C#C/C(N)=C(\C#C)C(N)C1=CC(N2CCN(C(C)CC3CC3)CC2)NN1. The van der Waals surface area contributed by atoms with Gasteiger partial charge in [-0.25, -0.2) is 5.43 Å². The third-order valence-corrected chi connectivity index (χ3v) is 5.69. The average Bonchev–Trinajstić information content (AvgIpc) is 3.33. The minimum atomic E-state index is -0.520. The van der Waals surface area contributed by atoms with E-state index >= 15 is 0 Å². The standard InChI is InChI=1S/C20H30N6/c1-4-16(17(21)5-2)20(22)18-13-19(24-23-18)26-10-8-25(9-11-26)14(3)12-15-6-7-15/h1-2,13-15,19-20,23-24H,6-12,21-22H2,3H3/b17-16-. The number of nitrogens with one attached hydrogen (secondary N) is 2. The van der Waals surface area contributed by atoms with Gasteiger partial charge in [0.1, 0.15) is 0 Å². The molecule has 6 heteroatoms. The molecule has 0 aromatic carbocycles. The van der Waals surface area contributed by atoms with E-state index < -0.39 is 6.04 Å². The minimum absolute atomic E-state index is 0.100.